The fourth-order valence-corrected chi connectivity index (χ4v) is 2.76. The quantitative estimate of drug-likeness (QED) is 0.828. The van der Waals surface area contributed by atoms with Crippen molar-refractivity contribution in [3.05, 3.63) is 29.8 Å². The average Bonchev–Trinajstić information content (AvgIpc) is 2.47. The summed E-state index contributed by atoms with van der Waals surface area (Å²) in [6.07, 6.45) is 2.53. The van der Waals surface area contributed by atoms with Crippen LogP contribution >= 0.6 is 0 Å². The van der Waals surface area contributed by atoms with Gasteiger partial charge in [-0.1, -0.05) is 25.0 Å². The van der Waals surface area contributed by atoms with Crippen molar-refractivity contribution in [2.24, 2.45) is 17.6 Å². The van der Waals surface area contributed by atoms with Crippen LogP contribution in [0.4, 0.5) is 5.69 Å². The Bertz CT molecular complexity index is 571. The molecule has 1 aliphatic carbocycles. The molecule has 1 aromatic carbocycles. The Balaban J connectivity index is 2.17. The van der Waals surface area contributed by atoms with Gasteiger partial charge in [0.1, 0.15) is 0 Å². The summed E-state index contributed by atoms with van der Waals surface area (Å²) in [6.45, 7) is 0. The minimum Gasteiger partial charge on any atom is -0.550 e. The van der Waals surface area contributed by atoms with Gasteiger partial charge in [0.05, 0.1) is 11.3 Å². The van der Waals surface area contributed by atoms with E-state index >= 15 is 0 Å². The van der Waals surface area contributed by atoms with Crippen LogP contribution in [0.2, 0.25) is 0 Å². The molecule has 1 saturated carbocycles. The number of hydrogen-bond donors (Lipinski definition) is 2. The first-order valence-corrected chi connectivity index (χ1v) is 6.91. The number of rotatable bonds is 4. The number of aliphatic carboxylic acids is 1. The zero-order chi connectivity index (χ0) is 15.4. The van der Waals surface area contributed by atoms with E-state index in [1.807, 2.05) is 0 Å². The number of hydrogen-bond acceptors (Lipinski definition) is 4. The fourth-order valence-electron chi connectivity index (χ4n) is 2.76. The Morgan fingerprint density at radius 2 is 1.71 bits per heavy atom. The number of benzene rings is 1. The van der Waals surface area contributed by atoms with E-state index in [0.29, 0.717) is 18.5 Å². The molecule has 1 aromatic rings. The molecule has 0 aromatic heterocycles. The van der Waals surface area contributed by atoms with Gasteiger partial charge in [0.25, 0.3) is 5.91 Å². The molecule has 0 aliphatic heterocycles. The molecule has 0 spiro atoms. The topological polar surface area (TPSA) is 112 Å². The van der Waals surface area contributed by atoms with E-state index < -0.39 is 29.6 Å². The second-order valence-electron chi connectivity index (χ2n) is 5.22. The SMILES string of the molecule is NC(=O)c1ccccc1NC(=O)[C@H]1CCCC[C@@H]1C(=O)[O-]. The van der Waals surface area contributed by atoms with E-state index in [-0.39, 0.29) is 5.56 Å². The third-order valence-corrected chi connectivity index (χ3v) is 3.86. The molecule has 2 atom stereocenters. The predicted octanol–water partition coefficient (Wildman–Crippen LogP) is 0.280. The van der Waals surface area contributed by atoms with Gasteiger partial charge in [-0.05, 0) is 25.0 Å². The summed E-state index contributed by atoms with van der Waals surface area (Å²) in [7, 11) is 0. The van der Waals surface area contributed by atoms with Gasteiger partial charge < -0.3 is 21.0 Å². The minimum atomic E-state index is -1.20. The third-order valence-electron chi connectivity index (χ3n) is 3.86. The Morgan fingerprint density at radius 3 is 2.33 bits per heavy atom. The largest absolute Gasteiger partial charge is 0.550 e. The van der Waals surface area contributed by atoms with Gasteiger partial charge in [-0.2, -0.15) is 0 Å². The van der Waals surface area contributed by atoms with E-state index in [9.17, 15) is 19.5 Å². The number of amides is 2. The lowest BCUT2D eigenvalue weighted by molar-refractivity contribution is -0.313. The van der Waals surface area contributed by atoms with Crippen LogP contribution in [0.25, 0.3) is 0 Å². The molecular formula is C15H17N2O4-. The van der Waals surface area contributed by atoms with Crippen molar-refractivity contribution in [1.29, 1.82) is 0 Å². The molecule has 21 heavy (non-hydrogen) atoms. The second-order valence-corrected chi connectivity index (χ2v) is 5.22. The van der Waals surface area contributed by atoms with E-state index in [0.717, 1.165) is 12.8 Å². The highest BCUT2D eigenvalue weighted by molar-refractivity contribution is 6.04. The summed E-state index contributed by atoms with van der Waals surface area (Å²) < 4.78 is 0. The summed E-state index contributed by atoms with van der Waals surface area (Å²) >= 11 is 0. The maximum absolute atomic E-state index is 12.3. The lowest BCUT2D eigenvalue weighted by Crippen LogP contribution is -2.42. The number of nitrogens with one attached hydrogen (secondary N) is 1. The molecule has 112 valence electrons. The molecule has 3 N–H and O–H groups in total. The monoisotopic (exact) mass is 289 g/mol. The molecule has 2 amide bonds. The number of anilines is 1. The molecule has 1 aliphatic rings. The smallest absolute Gasteiger partial charge is 0.250 e. The number of carbonyl (C=O) groups excluding carboxylic acids is 3. The summed E-state index contributed by atoms with van der Waals surface area (Å²) in [5.41, 5.74) is 5.75. The lowest BCUT2D eigenvalue weighted by atomic mass is 9.78. The normalized spacial score (nSPS) is 21.5. The van der Waals surface area contributed by atoms with Gasteiger partial charge in [0.2, 0.25) is 5.91 Å². The zero-order valence-electron chi connectivity index (χ0n) is 11.5. The predicted molar refractivity (Wildman–Crippen MR) is 74.0 cm³/mol. The summed E-state index contributed by atoms with van der Waals surface area (Å²) in [5.74, 6) is -3.66. The Hall–Kier alpha value is -2.37. The molecule has 0 radical (unpaired) electrons. The highest BCUT2D eigenvalue weighted by Crippen LogP contribution is 2.31. The molecule has 0 unspecified atom stereocenters. The number of primary amides is 1. The number of carboxylic acids is 1. The summed E-state index contributed by atoms with van der Waals surface area (Å²) in [4.78, 5) is 34.8. The number of carboxylic acid groups (broad SMARTS) is 1. The Kier molecular flexibility index (Phi) is 4.57. The molecule has 0 bridgehead atoms. The highest BCUT2D eigenvalue weighted by atomic mass is 16.4. The number of carbonyl (C=O) groups is 3. The summed E-state index contributed by atoms with van der Waals surface area (Å²) in [5, 5.41) is 13.7. The number of para-hydroxylation sites is 1. The zero-order valence-corrected chi connectivity index (χ0v) is 11.5. The van der Waals surface area contributed by atoms with E-state index in [4.69, 9.17) is 5.73 Å². The highest BCUT2D eigenvalue weighted by Gasteiger charge is 2.32. The van der Waals surface area contributed by atoms with Gasteiger partial charge in [0, 0.05) is 17.8 Å². The molecule has 0 saturated heterocycles. The Labute approximate surface area is 122 Å². The van der Waals surface area contributed by atoms with Crippen LogP contribution < -0.4 is 16.2 Å². The van der Waals surface area contributed by atoms with Crippen molar-refractivity contribution in [2.75, 3.05) is 5.32 Å². The van der Waals surface area contributed by atoms with Crippen LogP contribution in [-0.2, 0) is 9.59 Å². The van der Waals surface area contributed by atoms with Crippen LogP contribution in [0.5, 0.6) is 0 Å². The van der Waals surface area contributed by atoms with Gasteiger partial charge >= 0.3 is 0 Å². The van der Waals surface area contributed by atoms with Gasteiger partial charge in [0.15, 0.2) is 0 Å². The van der Waals surface area contributed by atoms with Crippen molar-refractivity contribution in [3.63, 3.8) is 0 Å². The minimum absolute atomic E-state index is 0.201. The van der Waals surface area contributed by atoms with Crippen molar-refractivity contribution < 1.29 is 19.5 Å². The first-order valence-electron chi connectivity index (χ1n) is 6.91. The molecule has 2 rings (SSSR count). The number of nitrogens with two attached hydrogens (primary N) is 1. The van der Waals surface area contributed by atoms with Crippen LogP contribution in [0, 0.1) is 11.8 Å². The van der Waals surface area contributed by atoms with Crippen molar-refractivity contribution in [2.45, 2.75) is 25.7 Å². The molecular weight excluding hydrogens is 272 g/mol. The van der Waals surface area contributed by atoms with Crippen LogP contribution in [-0.4, -0.2) is 17.8 Å². The maximum Gasteiger partial charge on any atom is 0.250 e. The molecule has 1 fully saturated rings. The molecule has 6 heteroatoms. The van der Waals surface area contributed by atoms with Gasteiger partial charge in [-0.3, -0.25) is 9.59 Å². The standard InChI is InChI=1S/C15H18N2O4/c16-13(18)11-7-3-4-8-12(11)17-14(19)9-5-1-2-6-10(9)15(20)21/h3-4,7-10H,1-2,5-6H2,(H2,16,18)(H,17,19)(H,20,21)/p-1/t9-,10-/m0/s1. The van der Waals surface area contributed by atoms with E-state index in [1.165, 1.54) is 6.07 Å². The maximum atomic E-state index is 12.3. The molecule has 6 nitrogen and oxygen atoms in total. The Morgan fingerprint density at radius 1 is 1.10 bits per heavy atom. The van der Waals surface area contributed by atoms with Crippen molar-refractivity contribution in [1.82, 2.24) is 0 Å². The van der Waals surface area contributed by atoms with E-state index in [1.54, 1.807) is 18.2 Å². The van der Waals surface area contributed by atoms with Gasteiger partial charge in [-0.15, -0.1) is 0 Å². The third kappa shape index (κ3) is 3.39. The van der Waals surface area contributed by atoms with Crippen LogP contribution in [0.3, 0.4) is 0 Å². The molecule has 0 heterocycles. The van der Waals surface area contributed by atoms with Crippen molar-refractivity contribution >= 4 is 23.5 Å². The fraction of sp³-hybridized carbons (Fsp3) is 0.400. The lowest BCUT2D eigenvalue weighted by Gasteiger charge is -2.31. The van der Waals surface area contributed by atoms with Crippen molar-refractivity contribution in [3.8, 4) is 0 Å². The average molecular weight is 289 g/mol. The first-order chi connectivity index (χ1) is 10.0. The second kappa shape index (κ2) is 6.39. The van der Waals surface area contributed by atoms with Crippen LogP contribution in [0.15, 0.2) is 24.3 Å². The summed E-state index contributed by atoms with van der Waals surface area (Å²) in [6, 6.07) is 6.38. The van der Waals surface area contributed by atoms with E-state index in [2.05, 4.69) is 5.32 Å². The first kappa shape index (κ1) is 15.0. The van der Waals surface area contributed by atoms with Gasteiger partial charge in [-0.25, -0.2) is 0 Å². The van der Waals surface area contributed by atoms with Crippen LogP contribution in [0.1, 0.15) is 36.0 Å².